The van der Waals surface area contributed by atoms with E-state index in [0.29, 0.717) is 35.7 Å². The molecule has 1 N–H and O–H groups in total. The van der Waals surface area contributed by atoms with Crippen LogP contribution in [0.25, 0.3) is 22.2 Å². The van der Waals surface area contributed by atoms with Crippen LogP contribution in [-0.4, -0.2) is 26.8 Å². The smallest absolute Gasteiger partial charge is 0.411 e. The summed E-state index contributed by atoms with van der Waals surface area (Å²) in [5.74, 6) is 0.675. The fraction of sp³-hybridized carbons (Fsp3) is 0.296. The average Bonchev–Trinajstić information content (AvgIpc) is 3.30. The molecule has 8 heteroatoms. The number of aromatic nitrogens is 3. The number of nitriles is 1. The van der Waals surface area contributed by atoms with Crippen molar-refractivity contribution in [2.75, 3.05) is 11.9 Å². The zero-order valence-corrected chi connectivity index (χ0v) is 20.0. The SMILES string of the molecule is CCOC(=O)Nc1ccc(-c2c(C#N)c3ccc(Oc4ncc(C)n4C)cc3n2C2CCC2)cc1. The largest absolute Gasteiger partial charge is 0.450 e. The lowest BCUT2D eigenvalue weighted by atomic mass is 9.92. The summed E-state index contributed by atoms with van der Waals surface area (Å²) in [6.07, 6.45) is 4.58. The molecule has 4 aromatic rings. The molecule has 2 aromatic carbocycles. The number of rotatable bonds is 6. The summed E-state index contributed by atoms with van der Waals surface area (Å²) in [6, 6.07) is 16.6. The summed E-state index contributed by atoms with van der Waals surface area (Å²) in [7, 11) is 1.92. The van der Waals surface area contributed by atoms with Gasteiger partial charge in [0.1, 0.15) is 11.8 Å². The van der Waals surface area contributed by atoms with Gasteiger partial charge in [-0.25, -0.2) is 9.78 Å². The van der Waals surface area contributed by atoms with Crippen molar-refractivity contribution < 1.29 is 14.3 Å². The summed E-state index contributed by atoms with van der Waals surface area (Å²) < 4.78 is 15.2. The lowest BCUT2D eigenvalue weighted by Gasteiger charge is -2.30. The normalized spacial score (nSPS) is 13.3. The molecule has 1 aliphatic carbocycles. The first kappa shape index (κ1) is 22.5. The van der Waals surface area contributed by atoms with E-state index in [-0.39, 0.29) is 0 Å². The molecule has 1 saturated carbocycles. The Balaban J connectivity index is 1.58. The van der Waals surface area contributed by atoms with E-state index in [1.54, 1.807) is 13.1 Å². The molecule has 1 amide bonds. The number of hydrogen-bond donors (Lipinski definition) is 1. The van der Waals surface area contributed by atoms with E-state index >= 15 is 0 Å². The number of amides is 1. The van der Waals surface area contributed by atoms with Crippen molar-refractivity contribution in [1.29, 1.82) is 5.26 Å². The van der Waals surface area contributed by atoms with Gasteiger partial charge in [-0.2, -0.15) is 5.26 Å². The van der Waals surface area contributed by atoms with Crippen LogP contribution in [-0.2, 0) is 11.8 Å². The zero-order chi connectivity index (χ0) is 24.5. The van der Waals surface area contributed by atoms with Crippen molar-refractivity contribution in [3.8, 4) is 29.1 Å². The quantitative estimate of drug-likeness (QED) is 0.357. The molecule has 0 spiro atoms. The highest BCUT2D eigenvalue weighted by Gasteiger charge is 2.28. The van der Waals surface area contributed by atoms with Gasteiger partial charge in [-0.05, 0) is 62.9 Å². The van der Waals surface area contributed by atoms with E-state index in [9.17, 15) is 10.1 Å². The molecular formula is C27H27N5O3. The molecule has 0 aliphatic heterocycles. The first-order valence-electron chi connectivity index (χ1n) is 11.8. The Morgan fingerprint density at radius 3 is 2.60 bits per heavy atom. The van der Waals surface area contributed by atoms with Crippen molar-refractivity contribution in [2.24, 2.45) is 7.05 Å². The Morgan fingerprint density at radius 1 is 1.23 bits per heavy atom. The Kier molecular flexibility index (Phi) is 5.91. The first-order valence-corrected chi connectivity index (χ1v) is 11.8. The number of anilines is 1. The molecule has 0 bridgehead atoms. The van der Waals surface area contributed by atoms with Crippen molar-refractivity contribution in [2.45, 2.75) is 39.2 Å². The lowest BCUT2D eigenvalue weighted by Crippen LogP contribution is -2.18. The van der Waals surface area contributed by atoms with E-state index in [2.05, 4.69) is 20.9 Å². The first-order chi connectivity index (χ1) is 17.0. The van der Waals surface area contributed by atoms with Crippen molar-refractivity contribution in [3.05, 3.63) is 59.9 Å². The Hall–Kier alpha value is -4.25. The summed E-state index contributed by atoms with van der Waals surface area (Å²) in [5, 5.41) is 13.8. The number of carbonyl (C=O) groups is 1. The van der Waals surface area contributed by atoms with Crippen LogP contribution in [0.4, 0.5) is 10.5 Å². The molecule has 0 saturated heterocycles. The van der Waals surface area contributed by atoms with Gasteiger partial charge in [0.25, 0.3) is 0 Å². The van der Waals surface area contributed by atoms with E-state index < -0.39 is 6.09 Å². The number of ether oxygens (including phenoxy) is 2. The second-order valence-corrected chi connectivity index (χ2v) is 8.74. The van der Waals surface area contributed by atoms with Gasteiger partial charge < -0.3 is 18.6 Å². The average molecular weight is 470 g/mol. The molecule has 1 aliphatic rings. The predicted octanol–water partition coefficient (Wildman–Crippen LogP) is 6.31. The summed E-state index contributed by atoms with van der Waals surface area (Å²) in [6.45, 7) is 4.05. The summed E-state index contributed by atoms with van der Waals surface area (Å²) >= 11 is 0. The predicted molar refractivity (Wildman–Crippen MR) is 134 cm³/mol. The molecule has 0 unspecified atom stereocenters. The standard InChI is InChI=1S/C27H27N5O3/c1-4-34-27(33)30-19-10-8-18(9-11-19)25-23(15-28)22-13-12-21(35-26-29-16-17(2)31(26)3)14-24(22)32(25)20-6-5-7-20/h8-14,16,20H,4-7H2,1-3H3,(H,30,33). The maximum absolute atomic E-state index is 11.8. The number of nitrogens with one attached hydrogen (secondary N) is 1. The summed E-state index contributed by atoms with van der Waals surface area (Å²) in [4.78, 5) is 16.1. The van der Waals surface area contributed by atoms with Crippen LogP contribution in [0, 0.1) is 18.3 Å². The Morgan fingerprint density at radius 2 is 2.00 bits per heavy atom. The van der Waals surface area contributed by atoms with Crippen LogP contribution >= 0.6 is 0 Å². The number of benzene rings is 2. The van der Waals surface area contributed by atoms with Crippen molar-refractivity contribution in [3.63, 3.8) is 0 Å². The van der Waals surface area contributed by atoms with Gasteiger partial charge in [0, 0.05) is 35.9 Å². The molecule has 8 nitrogen and oxygen atoms in total. The van der Waals surface area contributed by atoms with Crippen molar-refractivity contribution in [1.82, 2.24) is 14.1 Å². The topological polar surface area (TPSA) is 94.1 Å². The molecule has 178 valence electrons. The molecule has 1 fully saturated rings. The number of hydrogen-bond acceptors (Lipinski definition) is 5. The molecule has 2 heterocycles. The number of fused-ring (bicyclic) bond motifs is 1. The Labute approximate surface area is 203 Å². The molecule has 5 rings (SSSR count). The van der Waals surface area contributed by atoms with Gasteiger partial charge in [-0.1, -0.05) is 12.1 Å². The zero-order valence-electron chi connectivity index (χ0n) is 20.0. The van der Waals surface area contributed by atoms with Gasteiger partial charge in [0.05, 0.1) is 29.6 Å². The third-order valence-electron chi connectivity index (χ3n) is 6.59. The van der Waals surface area contributed by atoms with Crippen LogP contribution < -0.4 is 10.1 Å². The highest BCUT2D eigenvalue weighted by Crippen LogP contribution is 2.43. The van der Waals surface area contributed by atoms with E-state index in [1.165, 1.54) is 0 Å². The molecule has 2 aromatic heterocycles. The number of carbonyl (C=O) groups excluding carboxylic acids is 1. The third-order valence-corrected chi connectivity index (χ3v) is 6.59. The van der Waals surface area contributed by atoms with E-state index in [4.69, 9.17) is 9.47 Å². The monoisotopic (exact) mass is 469 g/mol. The lowest BCUT2D eigenvalue weighted by molar-refractivity contribution is 0.168. The number of aryl methyl sites for hydroxylation is 1. The Bertz CT molecular complexity index is 1440. The van der Waals surface area contributed by atoms with Gasteiger partial charge in [-0.15, -0.1) is 0 Å². The fourth-order valence-corrected chi connectivity index (χ4v) is 4.44. The van der Waals surface area contributed by atoms with Crippen LogP contribution in [0.1, 0.15) is 43.5 Å². The summed E-state index contributed by atoms with van der Waals surface area (Å²) in [5.41, 5.74) is 5.06. The van der Waals surface area contributed by atoms with E-state index in [0.717, 1.165) is 47.1 Å². The maximum Gasteiger partial charge on any atom is 0.411 e. The molecule has 0 atom stereocenters. The second kappa shape index (κ2) is 9.18. The minimum atomic E-state index is -0.489. The number of imidazole rings is 1. The van der Waals surface area contributed by atoms with Crippen LogP contribution in [0.2, 0.25) is 0 Å². The molecular weight excluding hydrogens is 442 g/mol. The maximum atomic E-state index is 11.8. The number of nitrogens with zero attached hydrogens (tertiary/aromatic N) is 4. The van der Waals surface area contributed by atoms with Crippen molar-refractivity contribution >= 4 is 22.7 Å². The minimum Gasteiger partial charge on any atom is -0.450 e. The van der Waals surface area contributed by atoms with Gasteiger partial charge in [-0.3, -0.25) is 5.32 Å². The molecule has 0 radical (unpaired) electrons. The van der Waals surface area contributed by atoms with Crippen LogP contribution in [0.5, 0.6) is 11.8 Å². The highest BCUT2D eigenvalue weighted by molar-refractivity contribution is 5.96. The van der Waals surface area contributed by atoms with Gasteiger partial charge >= 0.3 is 12.1 Å². The van der Waals surface area contributed by atoms with Crippen LogP contribution in [0.15, 0.2) is 48.7 Å². The highest BCUT2D eigenvalue weighted by atomic mass is 16.5. The van der Waals surface area contributed by atoms with Gasteiger partial charge in [0.2, 0.25) is 0 Å². The van der Waals surface area contributed by atoms with Gasteiger partial charge in [0.15, 0.2) is 0 Å². The van der Waals surface area contributed by atoms with E-state index in [1.807, 2.05) is 61.0 Å². The second-order valence-electron chi connectivity index (χ2n) is 8.74. The third kappa shape index (κ3) is 4.10. The molecule has 35 heavy (non-hydrogen) atoms. The minimum absolute atomic E-state index is 0.308. The fourth-order valence-electron chi connectivity index (χ4n) is 4.44. The van der Waals surface area contributed by atoms with Crippen LogP contribution in [0.3, 0.4) is 0 Å².